The van der Waals surface area contributed by atoms with Gasteiger partial charge in [0.25, 0.3) is 5.91 Å². The molecule has 1 aromatic heterocycles. The van der Waals surface area contributed by atoms with E-state index in [4.69, 9.17) is 10.5 Å². The molecule has 4 N–H and O–H groups in total. The van der Waals surface area contributed by atoms with Crippen LogP contribution in [0.2, 0.25) is 0 Å². The number of nitrogens with one attached hydrogen (secondary N) is 2. The Bertz CT molecular complexity index is 1200. The first-order chi connectivity index (χ1) is 15.4. The normalized spacial score (nSPS) is 15.0. The lowest BCUT2D eigenvalue weighted by Crippen LogP contribution is -2.29. The Labute approximate surface area is 183 Å². The van der Waals surface area contributed by atoms with Crippen molar-refractivity contribution in [1.82, 2.24) is 9.78 Å². The maximum absolute atomic E-state index is 13.5. The lowest BCUT2D eigenvalue weighted by Gasteiger charge is -2.29. The van der Waals surface area contributed by atoms with Crippen LogP contribution in [0, 0.1) is 5.82 Å². The van der Waals surface area contributed by atoms with Gasteiger partial charge in [-0.25, -0.2) is 13.9 Å². The van der Waals surface area contributed by atoms with Crippen LogP contribution in [0.4, 0.5) is 21.7 Å². The largest absolute Gasteiger partial charge is 0.463 e. The predicted molar refractivity (Wildman–Crippen MR) is 119 cm³/mol. The zero-order valence-electron chi connectivity index (χ0n) is 17.6. The maximum Gasteiger partial charge on any atom is 0.338 e. The van der Waals surface area contributed by atoms with Gasteiger partial charge in [-0.2, -0.15) is 0 Å². The Kier molecular flexibility index (Phi) is 5.63. The molecule has 0 aliphatic carbocycles. The predicted octanol–water partition coefficient (Wildman–Crippen LogP) is 3.83. The molecule has 1 atom stereocenters. The minimum atomic E-state index is -0.693. The van der Waals surface area contributed by atoms with Crippen LogP contribution in [0.5, 0.6) is 0 Å². The summed E-state index contributed by atoms with van der Waals surface area (Å²) in [7, 11) is 0. The highest BCUT2D eigenvalue weighted by atomic mass is 19.1. The number of benzene rings is 2. The van der Waals surface area contributed by atoms with Gasteiger partial charge in [0.1, 0.15) is 17.2 Å². The number of nitrogens with zero attached hydrogens (tertiary/aromatic N) is 2. The minimum absolute atomic E-state index is 0.142. The molecule has 1 aliphatic rings. The number of halogens is 1. The first-order valence-corrected chi connectivity index (χ1v) is 10.1. The van der Waals surface area contributed by atoms with Crippen molar-refractivity contribution >= 4 is 34.9 Å². The van der Waals surface area contributed by atoms with Gasteiger partial charge in [-0.1, -0.05) is 30.3 Å². The number of ether oxygens (including phenoxy) is 1. The molecule has 32 heavy (non-hydrogen) atoms. The Balaban J connectivity index is 1.87. The quantitative estimate of drug-likeness (QED) is 0.508. The summed E-state index contributed by atoms with van der Waals surface area (Å²) in [4.78, 5) is 25.2. The highest BCUT2D eigenvalue weighted by molar-refractivity contribution is 6.06. The van der Waals surface area contributed by atoms with E-state index in [1.165, 1.54) is 16.8 Å². The van der Waals surface area contributed by atoms with Crippen molar-refractivity contribution in [2.24, 2.45) is 5.73 Å². The Hall–Kier alpha value is -4.14. The number of anilines is 3. The number of para-hydroxylation sites is 1. The molecule has 0 saturated heterocycles. The van der Waals surface area contributed by atoms with Crippen LogP contribution in [-0.2, 0) is 9.53 Å². The lowest BCUT2D eigenvalue weighted by atomic mass is 9.95. The van der Waals surface area contributed by atoms with Gasteiger partial charge in [0.05, 0.1) is 23.9 Å². The SMILES string of the molecule is CCOC(=O)C1=C(C)n2nc(Nc3ccccc3)c(C(N)=O)c2NC1c1ccc(F)cc1. The summed E-state index contributed by atoms with van der Waals surface area (Å²) in [5, 5.41) is 10.8. The van der Waals surface area contributed by atoms with Crippen molar-refractivity contribution < 1.29 is 18.7 Å². The second-order valence-electron chi connectivity index (χ2n) is 7.19. The molecule has 2 aromatic carbocycles. The molecule has 1 unspecified atom stereocenters. The van der Waals surface area contributed by atoms with Crippen LogP contribution < -0.4 is 16.4 Å². The number of carbonyl (C=O) groups excluding carboxylic acids is 2. The van der Waals surface area contributed by atoms with E-state index in [0.29, 0.717) is 28.3 Å². The Morgan fingerprint density at radius 3 is 2.50 bits per heavy atom. The number of carbonyl (C=O) groups is 2. The lowest BCUT2D eigenvalue weighted by molar-refractivity contribution is -0.138. The Morgan fingerprint density at radius 1 is 1.19 bits per heavy atom. The van der Waals surface area contributed by atoms with Gasteiger partial charge in [0.15, 0.2) is 5.82 Å². The number of nitrogens with two attached hydrogens (primary N) is 1. The molecule has 0 spiro atoms. The van der Waals surface area contributed by atoms with Gasteiger partial charge in [0, 0.05) is 5.69 Å². The summed E-state index contributed by atoms with van der Waals surface area (Å²) in [5.74, 6) is -1.06. The fourth-order valence-electron chi connectivity index (χ4n) is 3.68. The Morgan fingerprint density at radius 2 is 1.88 bits per heavy atom. The van der Waals surface area contributed by atoms with Crippen molar-refractivity contribution in [3.63, 3.8) is 0 Å². The van der Waals surface area contributed by atoms with Gasteiger partial charge in [0.2, 0.25) is 0 Å². The number of allylic oxidation sites excluding steroid dienone is 1. The molecule has 0 fully saturated rings. The van der Waals surface area contributed by atoms with Crippen LogP contribution in [0.25, 0.3) is 5.70 Å². The van der Waals surface area contributed by atoms with E-state index in [9.17, 15) is 14.0 Å². The molecule has 0 radical (unpaired) electrons. The first-order valence-electron chi connectivity index (χ1n) is 10.1. The van der Waals surface area contributed by atoms with E-state index < -0.39 is 23.7 Å². The zero-order valence-corrected chi connectivity index (χ0v) is 17.6. The van der Waals surface area contributed by atoms with E-state index in [1.54, 1.807) is 26.0 Å². The molecule has 0 saturated carbocycles. The van der Waals surface area contributed by atoms with Crippen LogP contribution in [0.15, 0.2) is 60.2 Å². The zero-order chi connectivity index (χ0) is 22.8. The highest BCUT2D eigenvalue weighted by Gasteiger charge is 2.36. The maximum atomic E-state index is 13.5. The van der Waals surface area contributed by atoms with Crippen molar-refractivity contribution in [3.8, 4) is 0 Å². The molecular weight excluding hydrogens is 413 g/mol. The minimum Gasteiger partial charge on any atom is -0.463 e. The standard InChI is InChI=1S/C23H22FN5O3/c1-3-32-23(31)17-13(2)29-22(27-19(17)14-9-11-15(24)12-10-14)18(20(25)30)21(28-29)26-16-7-5-4-6-8-16/h4-12,19,27H,3H2,1-2H3,(H2,25,30)(H,26,28). The fourth-order valence-corrected chi connectivity index (χ4v) is 3.68. The third kappa shape index (κ3) is 3.80. The molecule has 0 bridgehead atoms. The molecule has 2 heterocycles. The number of rotatable bonds is 6. The van der Waals surface area contributed by atoms with E-state index in [-0.39, 0.29) is 18.0 Å². The highest BCUT2D eigenvalue weighted by Crippen LogP contribution is 2.40. The molecule has 1 aliphatic heterocycles. The number of hydrogen-bond donors (Lipinski definition) is 3. The van der Waals surface area contributed by atoms with Gasteiger partial charge in [-0.15, -0.1) is 5.10 Å². The summed E-state index contributed by atoms with van der Waals surface area (Å²) in [6.45, 7) is 3.60. The van der Waals surface area contributed by atoms with Crippen molar-refractivity contribution in [1.29, 1.82) is 0 Å². The van der Waals surface area contributed by atoms with Crippen LogP contribution >= 0.6 is 0 Å². The topological polar surface area (TPSA) is 111 Å². The number of aromatic nitrogens is 2. The summed E-state index contributed by atoms with van der Waals surface area (Å²) in [6, 6.07) is 14.3. The number of primary amides is 1. The van der Waals surface area contributed by atoms with Crippen molar-refractivity contribution in [3.05, 3.63) is 77.1 Å². The summed E-state index contributed by atoms with van der Waals surface area (Å²) in [5.41, 5.74) is 7.95. The van der Waals surface area contributed by atoms with Gasteiger partial charge < -0.3 is 21.1 Å². The number of esters is 1. The fraction of sp³-hybridized carbons (Fsp3) is 0.174. The molecule has 4 rings (SSSR count). The summed E-state index contributed by atoms with van der Waals surface area (Å²) < 4.78 is 20.2. The average molecular weight is 435 g/mol. The first kappa shape index (κ1) is 21.1. The van der Waals surface area contributed by atoms with E-state index >= 15 is 0 Å². The van der Waals surface area contributed by atoms with E-state index in [1.807, 2.05) is 30.3 Å². The second kappa shape index (κ2) is 8.54. The second-order valence-corrected chi connectivity index (χ2v) is 7.19. The number of hydrogen-bond acceptors (Lipinski definition) is 6. The van der Waals surface area contributed by atoms with Crippen molar-refractivity contribution in [2.75, 3.05) is 17.2 Å². The monoisotopic (exact) mass is 435 g/mol. The molecule has 9 heteroatoms. The van der Waals surface area contributed by atoms with Crippen molar-refractivity contribution in [2.45, 2.75) is 19.9 Å². The molecular formula is C23H22FN5O3. The summed E-state index contributed by atoms with van der Waals surface area (Å²) >= 11 is 0. The van der Waals surface area contributed by atoms with E-state index in [2.05, 4.69) is 15.7 Å². The van der Waals surface area contributed by atoms with Gasteiger partial charge in [-0.3, -0.25) is 4.79 Å². The molecule has 1 amide bonds. The third-order valence-corrected chi connectivity index (χ3v) is 5.14. The molecule has 8 nitrogen and oxygen atoms in total. The van der Waals surface area contributed by atoms with E-state index in [0.717, 1.165) is 0 Å². The smallest absolute Gasteiger partial charge is 0.338 e. The van der Waals surface area contributed by atoms with Crippen LogP contribution in [-0.4, -0.2) is 28.3 Å². The van der Waals surface area contributed by atoms with Crippen LogP contribution in [0.1, 0.15) is 35.8 Å². The summed E-state index contributed by atoms with van der Waals surface area (Å²) in [6.07, 6.45) is 0. The van der Waals surface area contributed by atoms with Gasteiger partial charge >= 0.3 is 5.97 Å². The average Bonchev–Trinajstić information content (AvgIpc) is 3.13. The third-order valence-electron chi connectivity index (χ3n) is 5.14. The molecule has 164 valence electrons. The number of fused-ring (bicyclic) bond motifs is 1. The molecule has 3 aromatic rings. The van der Waals surface area contributed by atoms with Gasteiger partial charge in [-0.05, 0) is 43.7 Å². The van der Waals surface area contributed by atoms with Crippen LogP contribution in [0.3, 0.4) is 0 Å². The number of amides is 1.